The zero-order valence-electron chi connectivity index (χ0n) is 15.8. The molecule has 0 unspecified atom stereocenters. The molecule has 0 aliphatic rings. The quantitative estimate of drug-likeness (QED) is 0.523. The number of aryl methyl sites for hydroxylation is 1. The Hall–Kier alpha value is -3.15. The molecule has 2 rings (SSSR count). The molecule has 0 aromatic heterocycles. The highest BCUT2D eigenvalue weighted by Gasteiger charge is 2.20. The van der Waals surface area contributed by atoms with Crippen LogP contribution in [0.3, 0.4) is 0 Å². The van der Waals surface area contributed by atoms with Gasteiger partial charge in [0.25, 0.3) is 0 Å². The monoisotopic (exact) mass is 370 g/mol. The summed E-state index contributed by atoms with van der Waals surface area (Å²) in [7, 11) is 1.44. The molecular formula is C21H22O6. The number of esters is 1. The van der Waals surface area contributed by atoms with Gasteiger partial charge in [0, 0.05) is 11.1 Å². The van der Waals surface area contributed by atoms with Crippen LogP contribution in [-0.2, 0) is 9.53 Å². The minimum Gasteiger partial charge on any atom is -0.493 e. The van der Waals surface area contributed by atoms with Crippen molar-refractivity contribution in [2.24, 2.45) is 0 Å². The van der Waals surface area contributed by atoms with Gasteiger partial charge in [-0.15, -0.1) is 0 Å². The van der Waals surface area contributed by atoms with Crippen LogP contribution in [0.5, 0.6) is 11.5 Å². The van der Waals surface area contributed by atoms with E-state index in [4.69, 9.17) is 14.2 Å². The predicted molar refractivity (Wildman–Crippen MR) is 99.6 cm³/mol. The molecule has 2 aromatic carbocycles. The van der Waals surface area contributed by atoms with E-state index in [9.17, 15) is 14.4 Å². The smallest absolute Gasteiger partial charge is 0.344 e. The first kappa shape index (κ1) is 20.2. The number of ether oxygens (including phenoxy) is 3. The van der Waals surface area contributed by atoms with Crippen LogP contribution in [0, 0.1) is 6.92 Å². The number of methoxy groups -OCH3 is 1. The van der Waals surface area contributed by atoms with Gasteiger partial charge in [-0.25, -0.2) is 4.79 Å². The van der Waals surface area contributed by atoms with Crippen molar-refractivity contribution in [1.29, 1.82) is 0 Å². The minimum absolute atomic E-state index is 0.109. The van der Waals surface area contributed by atoms with Crippen molar-refractivity contribution in [3.05, 3.63) is 59.2 Å². The fourth-order valence-corrected chi connectivity index (χ4v) is 2.38. The van der Waals surface area contributed by atoms with Crippen LogP contribution in [0.25, 0.3) is 0 Å². The van der Waals surface area contributed by atoms with Crippen molar-refractivity contribution in [3.8, 4) is 11.5 Å². The average molecular weight is 370 g/mol. The third kappa shape index (κ3) is 5.41. The summed E-state index contributed by atoms with van der Waals surface area (Å²) in [5.41, 5.74) is 1.98. The third-order valence-electron chi connectivity index (χ3n) is 3.93. The van der Waals surface area contributed by atoms with E-state index in [1.807, 2.05) is 19.1 Å². The maximum absolute atomic E-state index is 12.3. The molecule has 0 radical (unpaired) electrons. The second-order valence-corrected chi connectivity index (χ2v) is 6.07. The van der Waals surface area contributed by atoms with Crippen molar-refractivity contribution in [3.63, 3.8) is 0 Å². The lowest BCUT2D eigenvalue weighted by Crippen LogP contribution is -2.27. The van der Waals surface area contributed by atoms with E-state index in [-0.39, 0.29) is 18.2 Å². The zero-order valence-corrected chi connectivity index (χ0v) is 15.8. The Morgan fingerprint density at radius 1 is 0.963 bits per heavy atom. The SMILES string of the molecule is COc1cc(C(C)=O)ccc1OCC(=O)O[C@@H](C)C(=O)c1ccc(C)cc1. The fraction of sp³-hybridized carbons (Fsp3) is 0.286. The molecule has 0 amide bonds. The number of benzene rings is 2. The summed E-state index contributed by atoms with van der Waals surface area (Å²) in [4.78, 5) is 35.7. The minimum atomic E-state index is -0.925. The van der Waals surface area contributed by atoms with Gasteiger partial charge >= 0.3 is 5.97 Å². The summed E-state index contributed by atoms with van der Waals surface area (Å²) in [6.45, 7) is 4.50. The van der Waals surface area contributed by atoms with Gasteiger partial charge < -0.3 is 14.2 Å². The van der Waals surface area contributed by atoms with Gasteiger partial charge in [0.1, 0.15) is 0 Å². The summed E-state index contributed by atoms with van der Waals surface area (Å²) < 4.78 is 15.7. The van der Waals surface area contributed by atoms with Gasteiger partial charge in [-0.05, 0) is 39.0 Å². The molecule has 0 aliphatic heterocycles. The molecule has 6 heteroatoms. The summed E-state index contributed by atoms with van der Waals surface area (Å²) in [5.74, 6) is -0.439. The van der Waals surface area contributed by atoms with Crippen LogP contribution < -0.4 is 9.47 Å². The highest BCUT2D eigenvalue weighted by atomic mass is 16.6. The fourth-order valence-electron chi connectivity index (χ4n) is 2.38. The largest absolute Gasteiger partial charge is 0.493 e. The standard InChI is InChI=1S/C21H22O6/c1-13-5-7-16(8-6-13)21(24)15(3)27-20(23)12-26-18-10-9-17(14(2)22)11-19(18)25-4/h5-11,15H,12H2,1-4H3/t15-/m0/s1. The topological polar surface area (TPSA) is 78.9 Å². The lowest BCUT2D eigenvalue weighted by molar-refractivity contribution is -0.148. The maximum Gasteiger partial charge on any atom is 0.344 e. The van der Waals surface area contributed by atoms with E-state index in [0.717, 1.165) is 5.56 Å². The normalized spacial score (nSPS) is 11.4. The molecule has 27 heavy (non-hydrogen) atoms. The summed E-state index contributed by atoms with van der Waals surface area (Å²) in [5, 5.41) is 0. The maximum atomic E-state index is 12.3. The summed E-state index contributed by atoms with van der Waals surface area (Å²) in [6, 6.07) is 11.7. The van der Waals surface area contributed by atoms with Crippen LogP contribution in [0.1, 0.15) is 40.1 Å². The highest BCUT2D eigenvalue weighted by molar-refractivity contribution is 6.00. The van der Waals surface area contributed by atoms with Gasteiger partial charge in [0.2, 0.25) is 5.78 Å². The number of ketones is 2. The lowest BCUT2D eigenvalue weighted by atomic mass is 10.1. The van der Waals surface area contributed by atoms with E-state index in [1.165, 1.54) is 27.0 Å². The predicted octanol–water partition coefficient (Wildman–Crippen LogP) is 3.40. The van der Waals surface area contributed by atoms with Crippen molar-refractivity contribution in [2.75, 3.05) is 13.7 Å². The van der Waals surface area contributed by atoms with E-state index >= 15 is 0 Å². The molecule has 0 saturated carbocycles. The summed E-state index contributed by atoms with van der Waals surface area (Å²) >= 11 is 0. The molecule has 0 bridgehead atoms. The zero-order chi connectivity index (χ0) is 20.0. The number of rotatable bonds is 8. The van der Waals surface area contributed by atoms with E-state index in [2.05, 4.69) is 0 Å². The first-order chi connectivity index (χ1) is 12.8. The molecule has 0 heterocycles. The number of hydrogen-bond acceptors (Lipinski definition) is 6. The molecular weight excluding hydrogens is 348 g/mol. The Morgan fingerprint density at radius 3 is 2.19 bits per heavy atom. The second-order valence-electron chi connectivity index (χ2n) is 6.07. The van der Waals surface area contributed by atoms with Crippen molar-refractivity contribution in [1.82, 2.24) is 0 Å². The Labute approximate surface area is 158 Å². The van der Waals surface area contributed by atoms with E-state index < -0.39 is 12.1 Å². The Morgan fingerprint density at radius 2 is 1.59 bits per heavy atom. The van der Waals surface area contributed by atoms with E-state index in [0.29, 0.717) is 22.6 Å². The summed E-state index contributed by atoms with van der Waals surface area (Å²) in [6.07, 6.45) is -0.925. The lowest BCUT2D eigenvalue weighted by Gasteiger charge is -2.14. The molecule has 142 valence electrons. The van der Waals surface area contributed by atoms with Gasteiger partial charge in [0.15, 0.2) is 30.0 Å². The van der Waals surface area contributed by atoms with Crippen LogP contribution in [0.2, 0.25) is 0 Å². The Kier molecular flexibility index (Phi) is 6.71. The molecule has 0 aliphatic carbocycles. The third-order valence-corrected chi connectivity index (χ3v) is 3.93. The molecule has 1 atom stereocenters. The molecule has 2 aromatic rings. The van der Waals surface area contributed by atoms with Crippen LogP contribution >= 0.6 is 0 Å². The first-order valence-electron chi connectivity index (χ1n) is 8.44. The van der Waals surface area contributed by atoms with Crippen LogP contribution in [-0.4, -0.2) is 37.4 Å². The van der Waals surface area contributed by atoms with Gasteiger partial charge in [-0.3, -0.25) is 9.59 Å². The van der Waals surface area contributed by atoms with Gasteiger partial charge in [-0.2, -0.15) is 0 Å². The number of hydrogen-bond donors (Lipinski definition) is 0. The highest BCUT2D eigenvalue weighted by Crippen LogP contribution is 2.28. The van der Waals surface area contributed by atoms with E-state index in [1.54, 1.807) is 24.3 Å². The molecule has 6 nitrogen and oxygen atoms in total. The van der Waals surface area contributed by atoms with Crippen LogP contribution in [0.15, 0.2) is 42.5 Å². The van der Waals surface area contributed by atoms with Gasteiger partial charge in [-0.1, -0.05) is 29.8 Å². The van der Waals surface area contributed by atoms with Crippen molar-refractivity contribution < 1.29 is 28.6 Å². The van der Waals surface area contributed by atoms with Gasteiger partial charge in [0.05, 0.1) is 7.11 Å². The molecule has 0 spiro atoms. The van der Waals surface area contributed by atoms with Crippen molar-refractivity contribution >= 4 is 17.5 Å². The molecule has 0 saturated heterocycles. The Bertz CT molecular complexity index is 838. The first-order valence-corrected chi connectivity index (χ1v) is 8.44. The Balaban J connectivity index is 1.94. The second kappa shape index (κ2) is 8.98. The van der Waals surface area contributed by atoms with Crippen LogP contribution in [0.4, 0.5) is 0 Å². The number of carbonyl (C=O) groups is 3. The molecule has 0 N–H and O–H groups in total. The number of carbonyl (C=O) groups excluding carboxylic acids is 3. The number of Topliss-reactive ketones (excluding diaryl/α,β-unsaturated/α-hetero) is 2. The average Bonchev–Trinajstić information content (AvgIpc) is 2.66. The van der Waals surface area contributed by atoms with Crippen molar-refractivity contribution in [2.45, 2.75) is 26.9 Å². The molecule has 0 fully saturated rings.